The van der Waals surface area contributed by atoms with Crippen LogP contribution in [0.1, 0.15) is 18.4 Å². The van der Waals surface area contributed by atoms with Crippen molar-refractivity contribution in [3.63, 3.8) is 0 Å². The molecule has 0 aliphatic carbocycles. The molecule has 2 nitrogen and oxygen atoms in total. The molecule has 0 radical (unpaired) electrons. The van der Waals surface area contributed by atoms with Gasteiger partial charge in [-0.25, -0.2) is 8.78 Å². The smallest absolute Gasteiger partial charge is 0.146 e. The van der Waals surface area contributed by atoms with Gasteiger partial charge < -0.3 is 10.6 Å². The van der Waals surface area contributed by atoms with Crippen LogP contribution in [0.25, 0.3) is 0 Å². The van der Waals surface area contributed by atoms with E-state index in [1.165, 1.54) is 12.5 Å². The van der Waals surface area contributed by atoms with Crippen molar-refractivity contribution in [2.45, 2.75) is 19.5 Å². The van der Waals surface area contributed by atoms with E-state index in [0.29, 0.717) is 17.2 Å². The molecule has 1 aliphatic rings. The quantitative estimate of drug-likeness (QED) is 0.827. The molecule has 1 fully saturated rings. The number of nitrogens with one attached hydrogen (secondary N) is 2. The maximum Gasteiger partial charge on any atom is 0.146 e. The van der Waals surface area contributed by atoms with Crippen LogP contribution in [-0.4, -0.2) is 19.6 Å². The van der Waals surface area contributed by atoms with Crippen LogP contribution >= 0.6 is 0 Å². The maximum atomic E-state index is 13.5. The number of rotatable bonds is 5. The SMILES string of the molecule is FCc1ccc(NCCC2CCNC2)c(F)c1. The van der Waals surface area contributed by atoms with Crippen molar-refractivity contribution in [1.29, 1.82) is 0 Å². The van der Waals surface area contributed by atoms with Gasteiger partial charge in [-0.1, -0.05) is 6.07 Å². The summed E-state index contributed by atoms with van der Waals surface area (Å²) >= 11 is 0. The third-order valence-electron chi connectivity index (χ3n) is 3.22. The van der Waals surface area contributed by atoms with E-state index in [4.69, 9.17) is 0 Å². The average Bonchev–Trinajstić information content (AvgIpc) is 2.84. The molecule has 1 aromatic carbocycles. The standard InChI is InChI=1S/C13H18F2N2/c14-8-11-1-2-13(12(15)7-11)17-6-4-10-3-5-16-9-10/h1-2,7,10,16-17H,3-6,8-9H2. The number of hydrogen-bond donors (Lipinski definition) is 2. The molecule has 0 saturated carbocycles. The Morgan fingerprint density at radius 1 is 1.41 bits per heavy atom. The second-order valence-corrected chi connectivity index (χ2v) is 4.52. The van der Waals surface area contributed by atoms with Gasteiger partial charge in [0, 0.05) is 6.54 Å². The Bertz CT molecular complexity index is 362. The predicted octanol–water partition coefficient (Wildman–Crippen LogP) is 2.71. The highest BCUT2D eigenvalue weighted by Gasteiger charge is 2.13. The molecule has 0 bridgehead atoms. The van der Waals surface area contributed by atoms with E-state index < -0.39 is 6.67 Å². The van der Waals surface area contributed by atoms with Crippen molar-refractivity contribution < 1.29 is 8.78 Å². The second kappa shape index (κ2) is 5.96. The molecule has 94 valence electrons. The zero-order chi connectivity index (χ0) is 12.1. The summed E-state index contributed by atoms with van der Waals surface area (Å²) in [4.78, 5) is 0. The summed E-state index contributed by atoms with van der Waals surface area (Å²) in [6.45, 7) is 2.29. The lowest BCUT2D eigenvalue weighted by Crippen LogP contribution is -2.13. The fraction of sp³-hybridized carbons (Fsp3) is 0.538. The molecule has 0 spiro atoms. The molecule has 1 aromatic rings. The van der Waals surface area contributed by atoms with Crippen molar-refractivity contribution in [1.82, 2.24) is 5.32 Å². The van der Waals surface area contributed by atoms with Crippen LogP contribution in [0, 0.1) is 11.7 Å². The van der Waals surface area contributed by atoms with Crippen LogP contribution in [0.5, 0.6) is 0 Å². The minimum Gasteiger partial charge on any atom is -0.383 e. The van der Waals surface area contributed by atoms with Crippen molar-refractivity contribution in [3.8, 4) is 0 Å². The Morgan fingerprint density at radius 3 is 2.94 bits per heavy atom. The molecule has 0 amide bonds. The molecule has 1 unspecified atom stereocenters. The molecule has 1 heterocycles. The van der Waals surface area contributed by atoms with E-state index in [-0.39, 0.29) is 5.82 Å². The van der Waals surface area contributed by atoms with Crippen LogP contribution in [0.15, 0.2) is 18.2 Å². The minimum atomic E-state index is -0.620. The van der Waals surface area contributed by atoms with E-state index in [9.17, 15) is 8.78 Å². The molecule has 0 aromatic heterocycles. The summed E-state index contributed by atoms with van der Waals surface area (Å²) < 4.78 is 25.8. The van der Waals surface area contributed by atoms with Crippen LogP contribution in [0.2, 0.25) is 0 Å². The van der Waals surface area contributed by atoms with E-state index in [1.54, 1.807) is 12.1 Å². The molecule has 1 saturated heterocycles. The third kappa shape index (κ3) is 3.40. The Morgan fingerprint density at radius 2 is 2.29 bits per heavy atom. The fourth-order valence-electron chi connectivity index (χ4n) is 2.16. The highest BCUT2D eigenvalue weighted by molar-refractivity contribution is 5.46. The van der Waals surface area contributed by atoms with Crippen LogP contribution < -0.4 is 10.6 Å². The molecular weight excluding hydrogens is 222 g/mol. The normalized spacial score (nSPS) is 19.5. The molecule has 1 atom stereocenters. The number of anilines is 1. The Labute approximate surface area is 100 Å². The van der Waals surface area contributed by atoms with Gasteiger partial charge in [-0.05, 0) is 49.5 Å². The first kappa shape index (κ1) is 12.3. The summed E-state index contributed by atoms with van der Waals surface area (Å²) in [6.07, 6.45) is 2.24. The van der Waals surface area contributed by atoms with Gasteiger partial charge in [-0.15, -0.1) is 0 Å². The lowest BCUT2D eigenvalue weighted by atomic mass is 10.1. The first-order chi connectivity index (χ1) is 8.29. The van der Waals surface area contributed by atoms with Gasteiger partial charge in [0.05, 0.1) is 5.69 Å². The summed E-state index contributed by atoms with van der Waals surface area (Å²) in [6, 6.07) is 4.47. The number of hydrogen-bond acceptors (Lipinski definition) is 2. The van der Waals surface area contributed by atoms with Crippen LogP contribution in [0.3, 0.4) is 0 Å². The molecular formula is C13H18F2N2. The fourth-order valence-corrected chi connectivity index (χ4v) is 2.16. The van der Waals surface area contributed by atoms with Gasteiger partial charge >= 0.3 is 0 Å². The lowest BCUT2D eigenvalue weighted by Gasteiger charge is -2.11. The van der Waals surface area contributed by atoms with Crippen molar-refractivity contribution in [2.24, 2.45) is 5.92 Å². The Kier molecular flexibility index (Phi) is 4.31. The first-order valence-corrected chi connectivity index (χ1v) is 6.08. The Balaban J connectivity index is 1.81. The first-order valence-electron chi connectivity index (χ1n) is 6.08. The largest absolute Gasteiger partial charge is 0.383 e. The van der Waals surface area contributed by atoms with Crippen molar-refractivity contribution in [2.75, 3.05) is 25.0 Å². The van der Waals surface area contributed by atoms with Gasteiger partial charge in [-0.2, -0.15) is 0 Å². The molecule has 2 N–H and O–H groups in total. The predicted molar refractivity (Wildman–Crippen MR) is 65.3 cm³/mol. The number of benzene rings is 1. The van der Waals surface area contributed by atoms with Gasteiger partial charge in [0.25, 0.3) is 0 Å². The monoisotopic (exact) mass is 240 g/mol. The highest BCUT2D eigenvalue weighted by Crippen LogP contribution is 2.18. The van der Waals surface area contributed by atoms with Gasteiger partial charge in [0.1, 0.15) is 12.5 Å². The topological polar surface area (TPSA) is 24.1 Å². The van der Waals surface area contributed by atoms with Gasteiger partial charge in [0.2, 0.25) is 0 Å². The van der Waals surface area contributed by atoms with Crippen LogP contribution in [-0.2, 0) is 6.67 Å². The molecule has 1 aliphatic heterocycles. The minimum absolute atomic E-state index is 0.371. The van der Waals surface area contributed by atoms with E-state index in [2.05, 4.69) is 10.6 Å². The third-order valence-corrected chi connectivity index (χ3v) is 3.22. The average molecular weight is 240 g/mol. The van der Waals surface area contributed by atoms with Gasteiger partial charge in [0.15, 0.2) is 0 Å². The molecule has 4 heteroatoms. The zero-order valence-electron chi connectivity index (χ0n) is 9.81. The molecule has 2 rings (SSSR count). The van der Waals surface area contributed by atoms with E-state index in [1.807, 2.05) is 0 Å². The summed E-state index contributed by atoms with van der Waals surface area (Å²) in [5.41, 5.74) is 0.848. The zero-order valence-corrected chi connectivity index (χ0v) is 9.81. The Hall–Kier alpha value is -1.16. The van der Waals surface area contributed by atoms with Crippen molar-refractivity contribution >= 4 is 5.69 Å². The van der Waals surface area contributed by atoms with Crippen molar-refractivity contribution in [3.05, 3.63) is 29.6 Å². The van der Waals surface area contributed by atoms with Crippen LogP contribution in [0.4, 0.5) is 14.5 Å². The number of alkyl halides is 1. The second-order valence-electron chi connectivity index (χ2n) is 4.52. The summed E-state index contributed by atoms with van der Waals surface area (Å²) in [7, 11) is 0. The molecule has 17 heavy (non-hydrogen) atoms. The van der Waals surface area contributed by atoms with Gasteiger partial charge in [-0.3, -0.25) is 0 Å². The summed E-state index contributed by atoms with van der Waals surface area (Å²) in [5.74, 6) is 0.320. The number of halogens is 2. The highest BCUT2D eigenvalue weighted by atomic mass is 19.1. The van der Waals surface area contributed by atoms with E-state index >= 15 is 0 Å². The summed E-state index contributed by atoms with van der Waals surface area (Å²) in [5, 5.41) is 6.37. The maximum absolute atomic E-state index is 13.5. The lowest BCUT2D eigenvalue weighted by molar-refractivity contribution is 0.482. The van der Waals surface area contributed by atoms with E-state index in [0.717, 1.165) is 26.1 Å².